The monoisotopic (exact) mass is 152 g/mol. The van der Waals surface area contributed by atoms with Crippen molar-refractivity contribution in [2.24, 2.45) is 0 Å². The fraction of sp³-hybridized carbons (Fsp3) is 0.750. The zero-order chi connectivity index (χ0) is 6.41. The van der Waals surface area contributed by atoms with Gasteiger partial charge in [-0.1, -0.05) is 0 Å². The predicted molar refractivity (Wildman–Crippen MR) is 38.7 cm³/mol. The lowest BCUT2D eigenvalue weighted by molar-refractivity contribution is -0.139. The first-order valence-corrected chi connectivity index (χ1v) is 3.45. The van der Waals surface area contributed by atoms with Gasteiger partial charge in [-0.05, 0) is 0 Å². The minimum absolute atomic E-state index is 0.147. The van der Waals surface area contributed by atoms with E-state index >= 15 is 0 Å². The van der Waals surface area contributed by atoms with Gasteiger partial charge in [0.05, 0.1) is 5.75 Å². The van der Waals surface area contributed by atoms with Crippen molar-refractivity contribution in [3.8, 4) is 0 Å². The van der Waals surface area contributed by atoms with Crippen molar-refractivity contribution in [3.05, 3.63) is 0 Å². The number of thiol groups is 2. The minimum Gasteiger partial charge on any atom is -0.464 e. The van der Waals surface area contributed by atoms with E-state index in [4.69, 9.17) is 0 Å². The first-order chi connectivity index (χ1) is 3.81. The van der Waals surface area contributed by atoms with Crippen molar-refractivity contribution in [2.45, 2.75) is 0 Å². The van der Waals surface area contributed by atoms with E-state index in [0.29, 0.717) is 12.4 Å². The lowest BCUT2D eigenvalue weighted by Gasteiger charge is -1.96. The van der Waals surface area contributed by atoms with Crippen LogP contribution in [0.3, 0.4) is 0 Å². The molecule has 0 aliphatic rings. The van der Waals surface area contributed by atoms with E-state index in [0.717, 1.165) is 0 Å². The van der Waals surface area contributed by atoms with Crippen molar-refractivity contribution < 1.29 is 9.53 Å². The number of carbonyl (C=O) groups excluding carboxylic acids is 1. The van der Waals surface area contributed by atoms with Gasteiger partial charge in [-0.25, -0.2) is 0 Å². The molecular formula is C4H8O2S2. The maximum Gasteiger partial charge on any atom is 0.315 e. The van der Waals surface area contributed by atoms with Crippen molar-refractivity contribution in [2.75, 3.05) is 18.1 Å². The summed E-state index contributed by atoms with van der Waals surface area (Å²) in [5.41, 5.74) is 0. The number of carbonyl (C=O) groups is 1. The molecule has 8 heavy (non-hydrogen) atoms. The van der Waals surface area contributed by atoms with E-state index in [9.17, 15) is 4.79 Å². The Morgan fingerprint density at radius 1 is 1.50 bits per heavy atom. The molecule has 0 bridgehead atoms. The second-order valence-electron chi connectivity index (χ2n) is 1.10. The Hall–Kier alpha value is 0.170. The Morgan fingerprint density at radius 3 is 2.50 bits per heavy atom. The summed E-state index contributed by atoms with van der Waals surface area (Å²) >= 11 is 7.52. The Morgan fingerprint density at radius 2 is 2.12 bits per heavy atom. The molecule has 0 aromatic rings. The summed E-state index contributed by atoms with van der Waals surface area (Å²) < 4.78 is 4.55. The zero-order valence-electron chi connectivity index (χ0n) is 4.33. The van der Waals surface area contributed by atoms with Crippen LogP contribution in [0.2, 0.25) is 0 Å². The number of hydrogen-bond acceptors (Lipinski definition) is 4. The molecule has 0 radical (unpaired) electrons. The minimum atomic E-state index is -0.289. The second-order valence-corrected chi connectivity index (χ2v) is 1.87. The van der Waals surface area contributed by atoms with Crippen molar-refractivity contribution >= 4 is 31.2 Å². The summed E-state index contributed by atoms with van der Waals surface area (Å²) in [7, 11) is 0. The van der Waals surface area contributed by atoms with Gasteiger partial charge in [0, 0.05) is 5.75 Å². The van der Waals surface area contributed by atoms with Crippen LogP contribution in [0, 0.1) is 0 Å². The standard InChI is InChI=1S/C4H8O2S2/c5-4(3-8)6-1-2-7/h7-8H,1-3H2. The van der Waals surface area contributed by atoms with Crippen LogP contribution in [0.15, 0.2) is 0 Å². The molecule has 0 unspecified atom stereocenters. The van der Waals surface area contributed by atoms with E-state index in [1.54, 1.807) is 0 Å². The third-order valence-corrected chi connectivity index (χ3v) is 0.924. The molecule has 0 aromatic heterocycles. The SMILES string of the molecule is O=C(CS)OCCS. The molecule has 0 amide bonds. The maximum atomic E-state index is 10.2. The van der Waals surface area contributed by atoms with E-state index in [1.165, 1.54) is 0 Å². The molecule has 2 nitrogen and oxygen atoms in total. The van der Waals surface area contributed by atoms with Crippen LogP contribution >= 0.6 is 25.3 Å². The fourth-order valence-corrected chi connectivity index (χ4v) is 0.388. The first-order valence-electron chi connectivity index (χ1n) is 2.18. The van der Waals surface area contributed by atoms with Crippen LogP contribution in [0.1, 0.15) is 0 Å². The van der Waals surface area contributed by atoms with Crippen LogP contribution in [-0.4, -0.2) is 24.1 Å². The average Bonchev–Trinajstić information content (AvgIpc) is 1.83. The maximum absolute atomic E-state index is 10.2. The Balaban J connectivity index is 2.99. The number of hydrogen-bond donors (Lipinski definition) is 2. The molecule has 0 aliphatic heterocycles. The molecule has 0 saturated carbocycles. The van der Waals surface area contributed by atoms with Crippen molar-refractivity contribution in [3.63, 3.8) is 0 Å². The highest BCUT2D eigenvalue weighted by molar-refractivity contribution is 7.81. The lowest BCUT2D eigenvalue weighted by atomic mass is 10.8. The van der Waals surface area contributed by atoms with Gasteiger partial charge < -0.3 is 4.74 Å². The van der Waals surface area contributed by atoms with Gasteiger partial charge in [0.15, 0.2) is 0 Å². The molecule has 48 valence electrons. The van der Waals surface area contributed by atoms with Gasteiger partial charge >= 0.3 is 5.97 Å². The highest BCUT2D eigenvalue weighted by Crippen LogP contribution is 1.82. The van der Waals surface area contributed by atoms with Gasteiger partial charge in [0.1, 0.15) is 6.61 Å². The molecular weight excluding hydrogens is 144 g/mol. The van der Waals surface area contributed by atoms with Gasteiger partial charge in [-0.2, -0.15) is 25.3 Å². The summed E-state index contributed by atoms with van der Waals surface area (Å²) in [6, 6.07) is 0. The number of rotatable bonds is 3. The third-order valence-electron chi connectivity index (χ3n) is 0.483. The third kappa shape index (κ3) is 4.33. The van der Waals surface area contributed by atoms with Gasteiger partial charge in [-0.15, -0.1) is 0 Å². The molecule has 0 aliphatic carbocycles. The van der Waals surface area contributed by atoms with Crippen molar-refractivity contribution in [1.82, 2.24) is 0 Å². The van der Waals surface area contributed by atoms with Gasteiger partial charge in [0.25, 0.3) is 0 Å². The quantitative estimate of drug-likeness (QED) is 0.452. The second kappa shape index (κ2) is 5.31. The molecule has 0 atom stereocenters. The fourth-order valence-electron chi connectivity index (χ4n) is 0.205. The first kappa shape index (κ1) is 8.17. The van der Waals surface area contributed by atoms with Crippen molar-refractivity contribution in [1.29, 1.82) is 0 Å². The number of esters is 1. The summed E-state index contributed by atoms with van der Waals surface area (Å²) in [6.07, 6.45) is 0. The van der Waals surface area contributed by atoms with Crippen LogP contribution in [0.25, 0.3) is 0 Å². The average molecular weight is 152 g/mol. The van der Waals surface area contributed by atoms with Crippen LogP contribution < -0.4 is 0 Å². The van der Waals surface area contributed by atoms with E-state index in [-0.39, 0.29) is 11.7 Å². The zero-order valence-corrected chi connectivity index (χ0v) is 6.12. The summed E-state index contributed by atoms with van der Waals surface area (Å²) in [5.74, 6) is 0.426. The van der Waals surface area contributed by atoms with E-state index in [2.05, 4.69) is 30.0 Å². The predicted octanol–water partition coefficient (Wildman–Crippen LogP) is 0.389. The highest BCUT2D eigenvalue weighted by Gasteiger charge is 1.94. The van der Waals surface area contributed by atoms with Gasteiger partial charge in [0.2, 0.25) is 0 Å². The van der Waals surface area contributed by atoms with Gasteiger partial charge in [-0.3, -0.25) is 4.79 Å². The molecule has 0 aromatic carbocycles. The molecule has 0 spiro atoms. The van der Waals surface area contributed by atoms with Crippen LogP contribution in [0.5, 0.6) is 0 Å². The van der Waals surface area contributed by atoms with E-state index < -0.39 is 0 Å². The van der Waals surface area contributed by atoms with Crippen LogP contribution in [0.4, 0.5) is 0 Å². The highest BCUT2D eigenvalue weighted by atomic mass is 32.1. The summed E-state index contributed by atoms with van der Waals surface area (Å²) in [4.78, 5) is 10.2. The Kier molecular flexibility index (Phi) is 5.42. The van der Waals surface area contributed by atoms with E-state index in [1.807, 2.05) is 0 Å². The topological polar surface area (TPSA) is 26.3 Å². The molecule has 0 saturated heterocycles. The summed E-state index contributed by atoms with van der Waals surface area (Å²) in [5, 5.41) is 0. The molecule has 0 fully saturated rings. The smallest absolute Gasteiger partial charge is 0.315 e. The lowest BCUT2D eigenvalue weighted by Crippen LogP contribution is -2.07. The molecule has 4 heteroatoms. The molecule has 0 heterocycles. The Labute approximate surface area is 59.4 Å². The largest absolute Gasteiger partial charge is 0.464 e. The number of ether oxygens (including phenoxy) is 1. The normalized spacial score (nSPS) is 8.75. The summed E-state index contributed by atoms with van der Waals surface area (Å²) in [6.45, 7) is 0.377. The molecule has 0 rings (SSSR count). The Bertz CT molecular complexity index is 74.4. The van der Waals surface area contributed by atoms with Crippen LogP contribution in [-0.2, 0) is 9.53 Å². The molecule has 0 N–H and O–H groups in total.